The van der Waals surface area contributed by atoms with E-state index in [1.165, 1.54) is 29.5 Å². The van der Waals surface area contributed by atoms with Crippen molar-refractivity contribution in [2.45, 2.75) is 62.2 Å². The number of aromatic nitrogens is 5. The Hall–Kier alpha value is -4.72. The van der Waals surface area contributed by atoms with Gasteiger partial charge in [-0.25, -0.2) is 22.9 Å². The molecule has 0 aliphatic carbocycles. The lowest BCUT2D eigenvalue weighted by Crippen LogP contribution is -2.67. The highest BCUT2D eigenvalue weighted by Crippen LogP contribution is 2.47. The Balaban J connectivity index is 1.18. The molecule has 7 heterocycles. The van der Waals surface area contributed by atoms with Gasteiger partial charge in [-0.2, -0.15) is 25.0 Å². The van der Waals surface area contributed by atoms with Crippen LogP contribution >= 0.6 is 22.9 Å². The molecule has 12 nitrogen and oxygen atoms in total. The van der Waals surface area contributed by atoms with E-state index in [1.54, 1.807) is 6.07 Å². The van der Waals surface area contributed by atoms with Gasteiger partial charge in [-0.05, 0) is 62.8 Å². The molecular formula is C36H34ClF3N10O2S. The molecule has 53 heavy (non-hydrogen) atoms. The van der Waals surface area contributed by atoms with Crippen molar-refractivity contribution < 1.29 is 22.7 Å². The summed E-state index contributed by atoms with van der Waals surface area (Å²) >= 11 is 7.86. The van der Waals surface area contributed by atoms with Crippen LogP contribution in [0.5, 0.6) is 6.01 Å². The quantitative estimate of drug-likeness (QED) is 0.210. The van der Waals surface area contributed by atoms with Gasteiger partial charge in [0.05, 0.1) is 26.4 Å². The number of likely N-dealkylation sites (tertiary alicyclic amines) is 1. The van der Waals surface area contributed by atoms with Crippen molar-refractivity contribution in [2.24, 2.45) is 0 Å². The van der Waals surface area contributed by atoms with Crippen LogP contribution < -0.4 is 15.4 Å². The highest BCUT2D eigenvalue weighted by atomic mass is 35.5. The molecule has 0 radical (unpaired) electrons. The van der Waals surface area contributed by atoms with Crippen LogP contribution in [0, 0.1) is 23.0 Å². The number of rotatable bonds is 5. The normalized spacial score (nSPS) is 24.5. The minimum Gasteiger partial charge on any atom is -0.461 e. The SMILES string of the molecule is N#Cc1c(N)sc2c(F)ccc(-c3c(Cl)cc4c(N5CCCCC6(CCN6C(=O)n6cncn6)C5)nc(OC[C@@]56CCCN5C[C@H](F)C6)nc4c3F)c12. The summed E-state index contributed by atoms with van der Waals surface area (Å²) in [6, 6.07) is 5.86. The van der Waals surface area contributed by atoms with E-state index < -0.39 is 28.9 Å². The van der Waals surface area contributed by atoms with Gasteiger partial charge in [0.25, 0.3) is 0 Å². The van der Waals surface area contributed by atoms with E-state index in [4.69, 9.17) is 27.1 Å². The first kappa shape index (κ1) is 34.1. The largest absolute Gasteiger partial charge is 0.461 e. The molecular weight excluding hydrogens is 729 g/mol. The number of nitrogens with two attached hydrogens (primary N) is 1. The zero-order chi connectivity index (χ0) is 36.6. The smallest absolute Gasteiger partial charge is 0.346 e. The number of nitrogen functional groups attached to an aromatic ring is 1. The fourth-order valence-corrected chi connectivity index (χ4v) is 10.3. The predicted octanol–water partition coefficient (Wildman–Crippen LogP) is 6.55. The second-order valence-corrected chi connectivity index (χ2v) is 16.0. The summed E-state index contributed by atoms with van der Waals surface area (Å²) < 4.78 is 54.6. The molecule has 4 aliphatic rings. The Morgan fingerprint density at radius 3 is 2.79 bits per heavy atom. The van der Waals surface area contributed by atoms with Crippen LogP contribution in [-0.2, 0) is 0 Å². The van der Waals surface area contributed by atoms with E-state index in [2.05, 4.69) is 20.0 Å². The number of hydrogen-bond acceptors (Lipinski definition) is 11. The second-order valence-electron chi connectivity index (χ2n) is 14.5. The van der Waals surface area contributed by atoms with Crippen molar-refractivity contribution in [3.05, 3.63) is 53.1 Å². The molecule has 274 valence electrons. The van der Waals surface area contributed by atoms with Crippen LogP contribution in [0.4, 0.5) is 28.8 Å². The summed E-state index contributed by atoms with van der Waals surface area (Å²) in [5, 5.41) is 14.6. The van der Waals surface area contributed by atoms with Gasteiger partial charge in [0, 0.05) is 48.9 Å². The lowest BCUT2D eigenvalue weighted by Gasteiger charge is -2.53. The first-order chi connectivity index (χ1) is 25.6. The third-order valence-corrected chi connectivity index (χ3v) is 12.9. The third kappa shape index (κ3) is 5.38. The van der Waals surface area contributed by atoms with Crippen molar-refractivity contribution in [1.82, 2.24) is 34.5 Å². The molecule has 1 spiro atoms. The molecule has 17 heteroatoms. The highest BCUT2D eigenvalue weighted by molar-refractivity contribution is 7.23. The van der Waals surface area contributed by atoms with Crippen molar-refractivity contribution in [2.75, 3.05) is 50.0 Å². The monoisotopic (exact) mass is 762 g/mol. The Labute approximate surface area is 310 Å². The molecule has 5 aromatic rings. The molecule has 9 rings (SSSR count). The number of fused-ring (bicyclic) bond motifs is 3. The first-order valence-electron chi connectivity index (χ1n) is 17.7. The number of ether oxygens (including phenoxy) is 1. The molecule has 2 aromatic carbocycles. The number of thiophene rings is 1. The van der Waals surface area contributed by atoms with Crippen LogP contribution in [0.25, 0.3) is 32.1 Å². The number of alkyl halides is 1. The van der Waals surface area contributed by atoms with Crippen LogP contribution in [0.1, 0.15) is 50.5 Å². The van der Waals surface area contributed by atoms with Crippen molar-refractivity contribution in [1.29, 1.82) is 5.26 Å². The van der Waals surface area contributed by atoms with Gasteiger partial charge in [-0.3, -0.25) is 4.90 Å². The number of carbonyl (C=O) groups is 1. The summed E-state index contributed by atoms with van der Waals surface area (Å²) in [5.74, 6) is -1.01. The number of halogens is 4. The number of nitrogens with zero attached hydrogens (tertiary/aromatic N) is 9. The van der Waals surface area contributed by atoms with Gasteiger partial charge in [0.15, 0.2) is 5.82 Å². The maximum atomic E-state index is 17.3. The van der Waals surface area contributed by atoms with E-state index >= 15 is 8.78 Å². The van der Waals surface area contributed by atoms with Gasteiger partial charge in [0.2, 0.25) is 0 Å². The van der Waals surface area contributed by atoms with Gasteiger partial charge in [-0.15, -0.1) is 11.3 Å². The standard InChI is InChI=1S/C36H34ClF3N10O2S/c37-24-12-22-29(28(40)27(24)21-4-5-25(39)30-26(21)23(14-41)31(42)53-30)45-33(52-17-36-7-3-10-48(36)15-20(38)13-36)46-32(22)47-9-2-1-6-35(16-47)8-11-49(35)34(51)50-19-43-18-44-50/h4-5,12,18-20H,1-3,6-11,13,15-17,42H2/t20-,35?,36+/m1/s1. The van der Waals surface area contributed by atoms with E-state index in [1.807, 2.05) is 15.9 Å². The minimum absolute atomic E-state index is 0.00619. The van der Waals surface area contributed by atoms with Crippen molar-refractivity contribution in [3.63, 3.8) is 0 Å². The number of hydrogen-bond donors (Lipinski definition) is 1. The lowest BCUT2D eigenvalue weighted by atomic mass is 9.80. The topological polar surface area (TPSA) is 142 Å². The molecule has 2 N–H and O–H groups in total. The predicted molar refractivity (Wildman–Crippen MR) is 194 cm³/mol. The van der Waals surface area contributed by atoms with Crippen LogP contribution in [0.2, 0.25) is 5.02 Å². The summed E-state index contributed by atoms with van der Waals surface area (Å²) in [6.07, 6.45) is 6.88. The number of anilines is 2. The van der Waals surface area contributed by atoms with Gasteiger partial charge < -0.3 is 20.3 Å². The lowest BCUT2D eigenvalue weighted by molar-refractivity contribution is 0.0236. The Morgan fingerprint density at radius 2 is 2.02 bits per heavy atom. The molecule has 0 bridgehead atoms. The summed E-state index contributed by atoms with van der Waals surface area (Å²) in [6.45, 7) is 2.75. The molecule has 3 aromatic heterocycles. The Kier molecular flexibility index (Phi) is 8.17. The Bertz CT molecular complexity index is 2340. The molecule has 1 amide bonds. The maximum Gasteiger partial charge on any atom is 0.346 e. The number of benzene rings is 2. The molecule has 4 saturated heterocycles. The van der Waals surface area contributed by atoms with Crippen LogP contribution in [-0.4, -0.2) is 97.1 Å². The first-order valence-corrected chi connectivity index (χ1v) is 18.8. The van der Waals surface area contributed by atoms with E-state index in [0.717, 1.165) is 56.4 Å². The van der Waals surface area contributed by atoms with Crippen molar-refractivity contribution in [3.8, 4) is 23.2 Å². The van der Waals surface area contributed by atoms with Crippen LogP contribution in [0.3, 0.4) is 0 Å². The van der Waals surface area contributed by atoms with Crippen molar-refractivity contribution >= 4 is 60.8 Å². The van der Waals surface area contributed by atoms with E-state index in [-0.39, 0.29) is 61.0 Å². The molecule has 3 atom stereocenters. The van der Waals surface area contributed by atoms with Crippen LogP contribution in [0.15, 0.2) is 30.9 Å². The minimum atomic E-state index is -0.968. The number of amides is 1. The average molecular weight is 763 g/mol. The third-order valence-electron chi connectivity index (χ3n) is 11.6. The molecule has 4 fully saturated rings. The van der Waals surface area contributed by atoms with Gasteiger partial charge in [-0.1, -0.05) is 17.7 Å². The summed E-state index contributed by atoms with van der Waals surface area (Å²) in [4.78, 5) is 32.9. The van der Waals surface area contributed by atoms with E-state index in [9.17, 15) is 14.4 Å². The average Bonchev–Trinajstić information content (AvgIpc) is 3.89. The van der Waals surface area contributed by atoms with E-state index in [0.29, 0.717) is 43.8 Å². The molecule has 1 unspecified atom stereocenters. The number of carbonyl (C=O) groups excluding carboxylic acids is 1. The highest BCUT2D eigenvalue weighted by Gasteiger charge is 2.51. The van der Waals surface area contributed by atoms with Gasteiger partial charge >= 0.3 is 12.0 Å². The summed E-state index contributed by atoms with van der Waals surface area (Å²) in [7, 11) is 0. The Morgan fingerprint density at radius 1 is 1.15 bits per heavy atom. The molecule has 4 aliphatic heterocycles. The number of nitriles is 1. The zero-order valence-electron chi connectivity index (χ0n) is 28.5. The zero-order valence-corrected chi connectivity index (χ0v) is 30.1. The molecule has 0 saturated carbocycles. The summed E-state index contributed by atoms with van der Waals surface area (Å²) in [5.41, 5.74) is 5.15. The fraction of sp³-hybridized carbons (Fsp3) is 0.444. The fourth-order valence-electron chi connectivity index (χ4n) is 9.01. The second kappa shape index (κ2) is 12.7. The van der Waals surface area contributed by atoms with Gasteiger partial charge in [0.1, 0.15) is 53.7 Å². The maximum absolute atomic E-state index is 17.3.